The molecular formula is C11H12F3N3. The van der Waals surface area contributed by atoms with E-state index in [0.717, 1.165) is 12.1 Å². The van der Waals surface area contributed by atoms with Crippen molar-refractivity contribution >= 4 is 11.4 Å². The second-order valence-corrected chi connectivity index (χ2v) is 3.94. The van der Waals surface area contributed by atoms with Crippen molar-refractivity contribution < 1.29 is 13.2 Å². The highest BCUT2D eigenvalue weighted by molar-refractivity contribution is 5.70. The summed E-state index contributed by atoms with van der Waals surface area (Å²) in [5.41, 5.74) is 5.71. The fraction of sp³-hybridized carbons (Fsp3) is 0.273. The summed E-state index contributed by atoms with van der Waals surface area (Å²) in [6.45, 7) is 0.492. The Morgan fingerprint density at radius 1 is 1.24 bits per heavy atom. The fourth-order valence-electron chi connectivity index (χ4n) is 1.65. The molecule has 92 valence electrons. The van der Waals surface area contributed by atoms with Gasteiger partial charge in [0.15, 0.2) is 0 Å². The number of rotatable bonds is 1. The van der Waals surface area contributed by atoms with Crippen LogP contribution >= 0.6 is 0 Å². The Balaban J connectivity index is 2.37. The Bertz CT molecular complexity index is 454. The van der Waals surface area contributed by atoms with Crippen molar-refractivity contribution in [1.82, 2.24) is 4.90 Å². The molecule has 0 saturated heterocycles. The summed E-state index contributed by atoms with van der Waals surface area (Å²) in [5.74, 6) is 0. The molecule has 0 saturated carbocycles. The Morgan fingerprint density at radius 2 is 1.94 bits per heavy atom. The smallest absolute Gasteiger partial charge is 0.397 e. The third-order valence-electron chi connectivity index (χ3n) is 2.54. The fourth-order valence-corrected chi connectivity index (χ4v) is 1.65. The van der Waals surface area contributed by atoms with E-state index in [-0.39, 0.29) is 0 Å². The third-order valence-corrected chi connectivity index (χ3v) is 2.54. The number of alkyl halides is 3. The molecule has 17 heavy (non-hydrogen) atoms. The molecule has 1 aliphatic heterocycles. The van der Waals surface area contributed by atoms with Gasteiger partial charge in [0.25, 0.3) is 0 Å². The molecular weight excluding hydrogens is 231 g/mol. The Hall–Kier alpha value is -1.85. The molecule has 0 amide bonds. The summed E-state index contributed by atoms with van der Waals surface area (Å²) in [6, 6.07) is 3.34. The van der Waals surface area contributed by atoms with E-state index >= 15 is 0 Å². The van der Waals surface area contributed by atoms with Crippen LogP contribution in [0.1, 0.15) is 5.56 Å². The van der Waals surface area contributed by atoms with Crippen molar-refractivity contribution in [2.24, 2.45) is 0 Å². The van der Waals surface area contributed by atoms with Gasteiger partial charge in [-0.3, -0.25) is 0 Å². The van der Waals surface area contributed by atoms with Crippen molar-refractivity contribution in [2.75, 3.05) is 24.3 Å². The number of hydrogen-bond acceptors (Lipinski definition) is 3. The average molecular weight is 243 g/mol. The summed E-state index contributed by atoms with van der Waals surface area (Å²) in [6.07, 6.45) is -0.872. The van der Waals surface area contributed by atoms with Crippen LogP contribution in [0.4, 0.5) is 24.5 Å². The van der Waals surface area contributed by atoms with Gasteiger partial charge in [0.05, 0.1) is 23.6 Å². The van der Waals surface area contributed by atoms with E-state index < -0.39 is 11.7 Å². The van der Waals surface area contributed by atoms with Gasteiger partial charge in [0, 0.05) is 19.4 Å². The molecule has 0 spiro atoms. The van der Waals surface area contributed by atoms with Crippen LogP contribution in [0, 0.1) is 0 Å². The zero-order valence-corrected chi connectivity index (χ0v) is 9.20. The normalized spacial score (nSPS) is 15.8. The molecule has 0 radical (unpaired) electrons. The maximum absolute atomic E-state index is 12.6. The first-order valence-electron chi connectivity index (χ1n) is 5.00. The highest BCUT2D eigenvalue weighted by Crippen LogP contribution is 2.35. The van der Waals surface area contributed by atoms with Crippen LogP contribution < -0.4 is 10.6 Å². The number of benzene rings is 1. The van der Waals surface area contributed by atoms with Gasteiger partial charge in [-0.05, 0) is 18.2 Å². The number of anilines is 2. The van der Waals surface area contributed by atoms with Gasteiger partial charge in [-0.2, -0.15) is 13.2 Å². The van der Waals surface area contributed by atoms with Gasteiger partial charge in [0.1, 0.15) is 0 Å². The van der Waals surface area contributed by atoms with E-state index in [0.29, 0.717) is 18.0 Å². The molecule has 1 heterocycles. The third kappa shape index (κ3) is 2.30. The molecule has 0 aliphatic carbocycles. The maximum Gasteiger partial charge on any atom is 0.416 e. The zero-order chi connectivity index (χ0) is 12.6. The van der Waals surface area contributed by atoms with Crippen LogP contribution in [0.15, 0.2) is 30.6 Å². The Morgan fingerprint density at radius 3 is 2.47 bits per heavy atom. The lowest BCUT2D eigenvalue weighted by molar-refractivity contribution is -0.137. The van der Waals surface area contributed by atoms with E-state index in [1.54, 1.807) is 17.3 Å². The minimum atomic E-state index is -4.35. The largest absolute Gasteiger partial charge is 0.416 e. The number of hydrogen-bond donors (Lipinski definition) is 1. The molecule has 0 atom stereocenters. The number of nitrogen functional groups attached to an aromatic ring is 1. The molecule has 1 aromatic rings. The monoisotopic (exact) mass is 243 g/mol. The van der Waals surface area contributed by atoms with E-state index in [1.807, 2.05) is 11.9 Å². The summed E-state index contributed by atoms with van der Waals surface area (Å²) in [7, 11) is 1.83. The highest BCUT2D eigenvalue weighted by Gasteiger charge is 2.31. The topological polar surface area (TPSA) is 32.5 Å². The molecule has 6 heteroatoms. The minimum absolute atomic E-state index is 0.331. The maximum atomic E-state index is 12.6. The first-order chi connectivity index (χ1) is 7.88. The van der Waals surface area contributed by atoms with Crippen molar-refractivity contribution in [3.8, 4) is 0 Å². The molecule has 0 fully saturated rings. The van der Waals surface area contributed by atoms with Gasteiger partial charge in [-0.15, -0.1) is 0 Å². The van der Waals surface area contributed by atoms with Gasteiger partial charge in [-0.25, -0.2) is 0 Å². The van der Waals surface area contributed by atoms with Crippen LogP contribution in [0.25, 0.3) is 0 Å². The van der Waals surface area contributed by atoms with E-state index in [1.165, 1.54) is 6.07 Å². The minimum Gasteiger partial charge on any atom is -0.397 e. The summed E-state index contributed by atoms with van der Waals surface area (Å²) in [5, 5.41) is 0. The molecule has 3 nitrogen and oxygen atoms in total. The molecule has 0 bridgehead atoms. The lowest BCUT2D eigenvalue weighted by Crippen LogP contribution is -2.23. The van der Waals surface area contributed by atoms with Gasteiger partial charge in [0.2, 0.25) is 0 Å². The first-order valence-corrected chi connectivity index (χ1v) is 5.00. The predicted molar refractivity (Wildman–Crippen MR) is 60.1 cm³/mol. The van der Waals surface area contributed by atoms with Crippen LogP contribution in [0.3, 0.4) is 0 Å². The highest BCUT2D eigenvalue weighted by atomic mass is 19.4. The van der Waals surface area contributed by atoms with Crippen molar-refractivity contribution in [2.45, 2.75) is 6.18 Å². The Kier molecular flexibility index (Phi) is 2.65. The van der Waals surface area contributed by atoms with Crippen molar-refractivity contribution in [3.63, 3.8) is 0 Å². The van der Waals surface area contributed by atoms with Gasteiger partial charge < -0.3 is 15.5 Å². The quantitative estimate of drug-likeness (QED) is 0.769. The van der Waals surface area contributed by atoms with Gasteiger partial charge >= 0.3 is 6.18 Å². The van der Waals surface area contributed by atoms with E-state index in [9.17, 15) is 13.2 Å². The molecule has 0 unspecified atom stereocenters. The summed E-state index contributed by atoms with van der Waals surface area (Å²) in [4.78, 5) is 3.52. The van der Waals surface area contributed by atoms with Gasteiger partial charge in [-0.1, -0.05) is 0 Å². The number of halogens is 3. The lowest BCUT2D eigenvalue weighted by Gasteiger charge is -2.21. The van der Waals surface area contributed by atoms with Crippen LogP contribution in [-0.4, -0.2) is 18.6 Å². The van der Waals surface area contributed by atoms with Crippen molar-refractivity contribution in [3.05, 3.63) is 36.2 Å². The summed E-state index contributed by atoms with van der Waals surface area (Å²) >= 11 is 0. The molecule has 0 aromatic heterocycles. The molecule has 2 N–H and O–H groups in total. The molecule has 1 aromatic carbocycles. The Labute approximate surface area is 96.9 Å². The van der Waals surface area contributed by atoms with E-state index in [4.69, 9.17) is 5.73 Å². The number of nitrogens with two attached hydrogens (primary N) is 1. The average Bonchev–Trinajstić information content (AvgIpc) is 2.63. The van der Waals surface area contributed by atoms with Crippen LogP contribution in [-0.2, 0) is 6.18 Å². The van der Waals surface area contributed by atoms with Crippen LogP contribution in [0.2, 0.25) is 0 Å². The second-order valence-electron chi connectivity index (χ2n) is 3.94. The standard InChI is InChI=1S/C11H12F3N3/c1-16-4-5-17(7-16)10-6-8(11(12,13)14)2-3-9(10)15/h2-6H,7,15H2,1H3. The van der Waals surface area contributed by atoms with E-state index in [2.05, 4.69) is 0 Å². The first kappa shape index (κ1) is 11.6. The van der Waals surface area contributed by atoms with Crippen LogP contribution in [0.5, 0.6) is 0 Å². The molecule has 2 rings (SSSR count). The SMILES string of the molecule is CN1C=CN(c2cc(C(F)(F)F)ccc2N)C1. The second kappa shape index (κ2) is 3.87. The zero-order valence-electron chi connectivity index (χ0n) is 9.20. The number of nitrogens with zero attached hydrogens (tertiary/aromatic N) is 2. The predicted octanol–water partition coefficient (Wildman–Crippen LogP) is 2.47. The molecule has 1 aliphatic rings. The van der Waals surface area contributed by atoms with Crippen molar-refractivity contribution in [1.29, 1.82) is 0 Å². The lowest BCUT2D eigenvalue weighted by atomic mass is 10.1. The summed E-state index contributed by atoms with van der Waals surface area (Å²) < 4.78 is 37.7.